The van der Waals surface area contributed by atoms with Crippen LogP contribution >= 0.6 is 20.4 Å². The monoisotopic (exact) mass is 636 g/mol. The molecule has 41 heavy (non-hydrogen) atoms. The number of halogens is 4. The first kappa shape index (κ1) is 32.7. The van der Waals surface area contributed by atoms with Crippen LogP contribution < -0.4 is 0 Å². The van der Waals surface area contributed by atoms with Crippen LogP contribution in [0.5, 0.6) is 0 Å². The molecule has 0 N–H and O–H groups in total. The zero-order valence-corrected chi connectivity index (χ0v) is 26.5. The van der Waals surface area contributed by atoms with E-state index in [-0.39, 0.29) is 22.5 Å². The number of hydrogen-bond acceptors (Lipinski definition) is 2. The summed E-state index contributed by atoms with van der Waals surface area (Å²) in [7, 11) is 9.40. The third kappa shape index (κ3) is 9.07. The van der Waals surface area contributed by atoms with Crippen molar-refractivity contribution in [1.82, 2.24) is 0 Å². The predicted octanol–water partition coefficient (Wildman–Crippen LogP) is 10.9. The molecule has 0 aliphatic heterocycles. The van der Waals surface area contributed by atoms with Gasteiger partial charge in [-0.2, -0.15) is 0 Å². The number of rotatable bonds is 5. The van der Waals surface area contributed by atoms with Gasteiger partial charge in [-0.25, -0.2) is 18.8 Å². The molecule has 218 valence electrons. The van der Waals surface area contributed by atoms with Crippen molar-refractivity contribution in [2.75, 3.05) is 0 Å². The average molecular weight is 638 g/mol. The third-order valence-electron chi connectivity index (χ3n) is 6.35. The molecular formula is C34H34Cl2F2N2Ni. The van der Waals surface area contributed by atoms with Crippen molar-refractivity contribution in [1.29, 1.82) is 0 Å². The second-order valence-electron chi connectivity index (χ2n) is 11.5. The van der Waals surface area contributed by atoms with Crippen LogP contribution in [0.4, 0.5) is 20.2 Å². The Morgan fingerprint density at radius 3 is 1.12 bits per heavy atom. The van der Waals surface area contributed by atoms with Crippen LogP contribution in [0.25, 0.3) is 0 Å². The molecule has 2 nitrogen and oxygen atoms in total. The Bertz CT molecular complexity index is 1390. The van der Waals surface area contributed by atoms with E-state index < -0.39 is 0 Å². The van der Waals surface area contributed by atoms with Gasteiger partial charge in [0, 0.05) is 11.1 Å². The van der Waals surface area contributed by atoms with E-state index in [1.54, 1.807) is 24.3 Å². The van der Waals surface area contributed by atoms with Crippen molar-refractivity contribution < 1.29 is 21.4 Å². The van der Waals surface area contributed by atoms with E-state index in [1.807, 2.05) is 36.4 Å². The molecule has 7 heteroatoms. The van der Waals surface area contributed by atoms with Crippen LogP contribution in [0, 0.1) is 11.6 Å². The van der Waals surface area contributed by atoms with E-state index in [4.69, 9.17) is 30.4 Å². The van der Waals surface area contributed by atoms with Gasteiger partial charge in [0.2, 0.25) is 0 Å². The molecule has 4 rings (SSSR count). The van der Waals surface area contributed by atoms with E-state index in [2.05, 4.69) is 53.7 Å². The number of nitrogens with zero attached hydrogens (tertiary/aromatic N) is 2. The van der Waals surface area contributed by atoms with Crippen LogP contribution in [0.2, 0.25) is 0 Å². The molecule has 0 aliphatic rings. The van der Waals surface area contributed by atoms with Gasteiger partial charge < -0.3 is 0 Å². The van der Waals surface area contributed by atoms with Gasteiger partial charge in [-0.1, -0.05) is 77.9 Å². The van der Waals surface area contributed by atoms with Crippen LogP contribution in [0.1, 0.15) is 63.8 Å². The van der Waals surface area contributed by atoms with Crippen molar-refractivity contribution in [3.8, 4) is 0 Å². The molecule has 0 spiro atoms. The van der Waals surface area contributed by atoms with Crippen molar-refractivity contribution in [3.05, 3.63) is 131 Å². The van der Waals surface area contributed by atoms with Crippen LogP contribution in [0.3, 0.4) is 0 Å². The molecule has 0 saturated carbocycles. The topological polar surface area (TPSA) is 24.7 Å². The summed E-state index contributed by atoms with van der Waals surface area (Å²) in [4.78, 5) is 10.4. The van der Waals surface area contributed by atoms with Gasteiger partial charge in [0.1, 0.15) is 11.6 Å². The first-order valence-electron chi connectivity index (χ1n) is 13.1. The Labute approximate surface area is 256 Å². The van der Waals surface area contributed by atoms with Crippen molar-refractivity contribution >= 4 is 43.2 Å². The molecule has 0 radical (unpaired) electrons. The molecule has 0 aromatic heterocycles. The number of benzene rings is 4. The van der Waals surface area contributed by atoms with E-state index >= 15 is 0 Å². The summed E-state index contributed by atoms with van der Waals surface area (Å²) in [5, 5.41) is 0. The minimum absolute atomic E-state index is 0.153. The zero-order chi connectivity index (χ0) is 30.2. The fourth-order valence-electron chi connectivity index (χ4n) is 4.38. The third-order valence-corrected chi connectivity index (χ3v) is 6.35. The van der Waals surface area contributed by atoms with Gasteiger partial charge >= 0.3 is 33.0 Å². The molecule has 0 aliphatic carbocycles. The molecule has 0 bridgehead atoms. The predicted molar refractivity (Wildman–Crippen MR) is 167 cm³/mol. The number of aliphatic imine (C=N–C) groups is 2. The summed E-state index contributed by atoms with van der Waals surface area (Å²) < 4.78 is 28.0. The summed E-state index contributed by atoms with van der Waals surface area (Å²) in [6.07, 6.45) is 0. The Morgan fingerprint density at radius 1 is 0.537 bits per heavy atom. The first-order chi connectivity index (χ1) is 19.3. The van der Waals surface area contributed by atoms with Crippen molar-refractivity contribution in [2.45, 2.75) is 52.4 Å². The molecule has 4 aromatic carbocycles. The first-order valence-corrected chi connectivity index (χ1v) is 15.8. The Kier molecular flexibility index (Phi) is 11.4. The summed E-state index contributed by atoms with van der Waals surface area (Å²) in [6, 6.07) is 28.6. The molecule has 0 saturated heterocycles. The zero-order valence-electron chi connectivity index (χ0n) is 24.0. The SMILES string of the molecule is CC(C)(C)c1ccccc1N=C(C(=Nc1ccccc1C(C)(C)C)c1ccc(F)cc1)c1ccc(F)cc1.[Cl][Ni][Cl]. The second-order valence-corrected chi connectivity index (χ2v) is 13.1. The number of hydrogen-bond donors (Lipinski definition) is 0. The molecule has 0 heterocycles. The Hall–Kier alpha value is -2.85. The summed E-state index contributed by atoms with van der Waals surface area (Å²) >= 11 is 0.569. The Morgan fingerprint density at radius 2 is 0.829 bits per heavy atom. The summed E-state index contributed by atoms with van der Waals surface area (Å²) in [5.41, 5.74) is 6.05. The van der Waals surface area contributed by atoms with Gasteiger partial charge in [0.25, 0.3) is 0 Å². The van der Waals surface area contributed by atoms with Gasteiger partial charge in [-0.05, 0) is 82.6 Å². The maximum atomic E-state index is 14.0. The van der Waals surface area contributed by atoms with Crippen molar-refractivity contribution in [3.63, 3.8) is 0 Å². The maximum absolute atomic E-state index is 14.0. The molecule has 0 atom stereocenters. The van der Waals surface area contributed by atoms with Crippen LogP contribution in [-0.4, -0.2) is 11.4 Å². The van der Waals surface area contributed by atoms with Gasteiger partial charge in [0.15, 0.2) is 0 Å². The molecule has 0 amide bonds. The fraction of sp³-hybridized carbons (Fsp3) is 0.235. The Balaban J connectivity index is 0.00000147. The molecule has 0 unspecified atom stereocenters. The average Bonchev–Trinajstić information content (AvgIpc) is 2.91. The summed E-state index contributed by atoms with van der Waals surface area (Å²) in [5.74, 6) is -0.664. The van der Waals surface area contributed by atoms with Gasteiger partial charge in [-0.15, -0.1) is 0 Å². The quantitative estimate of drug-likeness (QED) is 0.154. The van der Waals surface area contributed by atoms with Crippen LogP contribution in [0.15, 0.2) is 107 Å². The molecule has 0 fully saturated rings. The van der Waals surface area contributed by atoms with Crippen LogP contribution in [-0.2, 0) is 23.5 Å². The fourth-order valence-corrected chi connectivity index (χ4v) is 4.38. The standard InChI is InChI=1S/C34H34F2N2.2ClH.Ni/c1-33(2,3)27-11-7-9-13-29(27)37-31(23-15-19-25(35)20-16-23)32(24-17-21-26(36)22-18-24)38-30-14-10-8-12-28(30)34(4,5)6;;;/h7-22H,1-6H3;2*1H;/q;;;+2/p-2. The van der Waals surface area contributed by atoms with Gasteiger partial charge in [-0.3, -0.25) is 0 Å². The van der Waals surface area contributed by atoms with E-state index in [1.165, 1.54) is 24.3 Å². The van der Waals surface area contributed by atoms with Gasteiger partial charge in [0.05, 0.1) is 22.8 Å². The minimum atomic E-state index is -0.332. The second kappa shape index (κ2) is 14.4. The molecule has 4 aromatic rings. The van der Waals surface area contributed by atoms with E-state index in [0.717, 1.165) is 22.5 Å². The normalized spacial score (nSPS) is 12.6. The van der Waals surface area contributed by atoms with E-state index in [9.17, 15) is 8.78 Å². The molecular weight excluding hydrogens is 604 g/mol. The summed E-state index contributed by atoms with van der Waals surface area (Å²) in [6.45, 7) is 12.9. The van der Waals surface area contributed by atoms with E-state index in [0.29, 0.717) is 35.2 Å². The number of para-hydroxylation sites is 2. The van der Waals surface area contributed by atoms with Crippen molar-refractivity contribution in [2.24, 2.45) is 9.98 Å².